The molecule has 6 heteroatoms. The van der Waals surface area contributed by atoms with Crippen molar-refractivity contribution in [2.24, 2.45) is 0 Å². The summed E-state index contributed by atoms with van der Waals surface area (Å²) in [6.07, 6.45) is 5.13. The number of rotatable bonds is 7. The molecule has 6 nitrogen and oxygen atoms in total. The predicted molar refractivity (Wildman–Crippen MR) is 85.7 cm³/mol. The number of carbonyl (C=O) groups excluding carboxylic acids is 1. The molecule has 2 heterocycles. The summed E-state index contributed by atoms with van der Waals surface area (Å²) in [7, 11) is 0. The highest BCUT2D eigenvalue weighted by Gasteiger charge is 2.28. The highest BCUT2D eigenvalue weighted by molar-refractivity contribution is 5.75. The first-order chi connectivity index (χ1) is 10.5. The van der Waals surface area contributed by atoms with E-state index in [1.54, 1.807) is 6.20 Å². The average molecular weight is 308 g/mol. The molecule has 0 bridgehead atoms. The number of morpholine rings is 1. The molecule has 1 amide bonds. The lowest BCUT2D eigenvalue weighted by Gasteiger charge is -2.40. The fraction of sp³-hybridized carbons (Fsp3) is 0.750. The van der Waals surface area contributed by atoms with Gasteiger partial charge in [-0.15, -0.1) is 0 Å². The quantitative estimate of drug-likeness (QED) is 0.822. The molecule has 1 aromatic rings. The molecule has 0 unspecified atom stereocenters. The third-order valence-electron chi connectivity index (χ3n) is 4.31. The molecule has 0 radical (unpaired) electrons. The first-order valence-electron chi connectivity index (χ1n) is 8.06. The van der Waals surface area contributed by atoms with Gasteiger partial charge in [0.15, 0.2) is 0 Å². The van der Waals surface area contributed by atoms with E-state index in [0.29, 0.717) is 13.0 Å². The molecule has 2 rings (SSSR count). The summed E-state index contributed by atoms with van der Waals surface area (Å²) in [5.41, 5.74) is -0.0274. The number of nitrogens with one attached hydrogen (secondary N) is 1. The van der Waals surface area contributed by atoms with Gasteiger partial charge >= 0.3 is 0 Å². The van der Waals surface area contributed by atoms with Crippen LogP contribution in [0.5, 0.6) is 0 Å². The second kappa shape index (κ2) is 7.74. The molecule has 0 atom stereocenters. The fourth-order valence-electron chi connectivity index (χ4n) is 2.73. The highest BCUT2D eigenvalue weighted by atomic mass is 16.5. The van der Waals surface area contributed by atoms with E-state index >= 15 is 0 Å². The summed E-state index contributed by atoms with van der Waals surface area (Å²) in [6.45, 7) is 11.3. The Morgan fingerprint density at radius 2 is 2.14 bits per heavy atom. The minimum Gasteiger partial charge on any atom is -0.379 e. The second-order valence-corrected chi connectivity index (χ2v) is 6.46. The number of carbonyl (C=O) groups is 1. The van der Waals surface area contributed by atoms with Gasteiger partial charge in [0.2, 0.25) is 5.91 Å². The van der Waals surface area contributed by atoms with Crippen molar-refractivity contribution in [3.8, 4) is 0 Å². The predicted octanol–water partition coefficient (Wildman–Crippen LogP) is 1.20. The van der Waals surface area contributed by atoms with Crippen LogP contribution >= 0.6 is 0 Å². The fourth-order valence-corrected chi connectivity index (χ4v) is 2.73. The van der Waals surface area contributed by atoms with Crippen molar-refractivity contribution in [2.75, 3.05) is 32.8 Å². The van der Waals surface area contributed by atoms with Gasteiger partial charge in [0.1, 0.15) is 5.82 Å². The van der Waals surface area contributed by atoms with Gasteiger partial charge < -0.3 is 14.6 Å². The van der Waals surface area contributed by atoms with E-state index in [4.69, 9.17) is 4.74 Å². The van der Waals surface area contributed by atoms with Gasteiger partial charge in [0.05, 0.1) is 13.2 Å². The Bertz CT molecular complexity index is 478. The van der Waals surface area contributed by atoms with Crippen LogP contribution in [-0.4, -0.2) is 58.7 Å². The number of imidazole rings is 1. The second-order valence-electron chi connectivity index (χ2n) is 6.46. The normalized spacial score (nSPS) is 16.7. The molecule has 0 saturated carbocycles. The van der Waals surface area contributed by atoms with Crippen molar-refractivity contribution in [2.45, 2.75) is 45.7 Å². The van der Waals surface area contributed by atoms with Crippen LogP contribution in [0.25, 0.3) is 0 Å². The first-order valence-corrected chi connectivity index (χ1v) is 8.06. The number of aromatic nitrogens is 2. The standard InChI is InChI=1S/C16H28N4O2/c1-14-17-6-8-19(14)7-4-5-15(21)18-13-16(2,3)20-9-11-22-12-10-20/h6,8H,4-5,7,9-13H2,1-3H3,(H,18,21). The van der Waals surface area contributed by atoms with Gasteiger partial charge in [-0.25, -0.2) is 4.98 Å². The number of nitrogens with zero attached hydrogens (tertiary/aromatic N) is 3. The van der Waals surface area contributed by atoms with Gasteiger partial charge in [-0.05, 0) is 27.2 Å². The first kappa shape index (κ1) is 17.0. The van der Waals surface area contributed by atoms with E-state index in [1.807, 2.05) is 13.1 Å². The van der Waals surface area contributed by atoms with Crippen LogP contribution < -0.4 is 5.32 Å². The third-order valence-corrected chi connectivity index (χ3v) is 4.31. The topological polar surface area (TPSA) is 59.4 Å². The summed E-state index contributed by atoms with van der Waals surface area (Å²) in [4.78, 5) is 18.6. The Morgan fingerprint density at radius 3 is 2.77 bits per heavy atom. The monoisotopic (exact) mass is 308 g/mol. The minimum atomic E-state index is -0.0274. The maximum absolute atomic E-state index is 12.0. The number of hydrogen-bond acceptors (Lipinski definition) is 4. The van der Waals surface area contributed by atoms with E-state index in [-0.39, 0.29) is 11.4 Å². The largest absolute Gasteiger partial charge is 0.379 e. The van der Waals surface area contributed by atoms with Gasteiger partial charge in [-0.1, -0.05) is 0 Å². The number of ether oxygens (including phenoxy) is 1. The van der Waals surface area contributed by atoms with E-state index in [1.165, 1.54) is 0 Å². The van der Waals surface area contributed by atoms with E-state index in [0.717, 1.165) is 45.1 Å². The lowest BCUT2D eigenvalue weighted by Crippen LogP contribution is -2.55. The zero-order valence-corrected chi connectivity index (χ0v) is 14.0. The maximum Gasteiger partial charge on any atom is 0.220 e. The van der Waals surface area contributed by atoms with Crippen LogP contribution in [0.4, 0.5) is 0 Å². The lowest BCUT2D eigenvalue weighted by molar-refractivity contribution is -0.122. The lowest BCUT2D eigenvalue weighted by atomic mass is 10.0. The van der Waals surface area contributed by atoms with Crippen molar-refractivity contribution in [1.29, 1.82) is 0 Å². The molecule has 1 fully saturated rings. The minimum absolute atomic E-state index is 0.0274. The molecular weight excluding hydrogens is 280 g/mol. The Kier molecular flexibility index (Phi) is 5.97. The SMILES string of the molecule is Cc1nccn1CCCC(=O)NCC(C)(C)N1CCOCC1. The van der Waals surface area contributed by atoms with Crippen LogP contribution in [0.2, 0.25) is 0 Å². The summed E-state index contributed by atoms with van der Waals surface area (Å²) < 4.78 is 7.46. The van der Waals surface area contributed by atoms with E-state index in [2.05, 4.69) is 33.6 Å². The molecule has 1 N–H and O–H groups in total. The Morgan fingerprint density at radius 1 is 1.41 bits per heavy atom. The average Bonchev–Trinajstić information content (AvgIpc) is 2.92. The Balaban J connectivity index is 1.67. The molecule has 1 saturated heterocycles. The molecule has 1 aromatic heterocycles. The number of hydrogen-bond donors (Lipinski definition) is 1. The third kappa shape index (κ3) is 4.81. The molecule has 1 aliphatic heterocycles. The number of aryl methyl sites for hydroxylation is 2. The summed E-state index contributed by atoms with van der Waals surface area (Å²) in [6, 6.07) is 0. The van der Waals surface area contributed by atoms with E-state index < -0.39 is 0 Å². The van der Waals surface area contributed by atoms with Crippen molar-refractivity contribution in [3.05, 3.63) is 18.2 Å². The maximum atomic E-state index is 12.0. The van der Waals surface area contributed by atoms with Crippen LogP contribution in [0.3, 0.4) is 0 Å². The van der Waals surface area contributed by atoms with Crippen molar-refractivity contribution < 1.29 is 9.53 Å². The van der Waals surface area contributed by atoms with E-state index in [9.17, 15) is 4.79 Å². The Labute approximate surface area is 132 Å². The summed E-state index contributed by atoms with van der Waals surface area (Å²) >= 11 is 0. The van der Waals surface area contributed by atoms with Gasteiger partial charge in [-0.3, -0.25) is 9.69 Å². The molecule has 0 spiro atoms. The summed E-state index contributed by atoms with van der Waals surface area (Å²) in [5, 5.41) is 3.07. The highest BCUT2D eigenvalue weighted by Crippen LogP contribution is 2.15. The molecule has 124 valence electrons. The van der Waals surface area contributed by atoms with Gasteiger partial charge in [0.25, 0.3) is 0 Å². The molecule has 0 aromatic carbocycles. The van der Waals surface area contributed by atoms with Crippen molar-refractivity contribution >= 4 is 5.91 Å². The van der Waals surface area contributed by atoms with Crippen LogP contribution in [0.1, 0.15) is 32.5 Å². The molecule has 0 aliphatic carbocycles. The smallest absolute Gasteiger partial charge is 0.220 e. The molecule has 22 heavy (non-hydrogen) atoms. The van der Waals surface area contributed by atoms with Gasteiger partial charge in [-0.2, -0.15) is 0 Å². The molecule has 1 aliphatic rings. The van der Waals surface area contributed by atoms with Gasteiger partial charge in [0, 0.05) is 50.5 Å². The van der Waals surface area contributed by atoms with Crippen LogP contribution in [-0.2, 0) is 16.1 Å². The van der Waals surface area contributed by atoms with Crippen LogP contribution in [0.15, 0.2) is 12.4 Å². The van der Waals surface area contributed by atoms with Crippen molar-refractivity contribution in [1.82, 2.24) is 19.8 Å². The summed E-state index contributed by atoms with van der Waals surface area (Å²) in [5.74, 6) is 1.12. The number of amides is 1. The Hall–Kier alpha value is -1.40. The molecular formula is C16H28N4O2. The zero-order valence-electron chi connectivity index (χ0n) is 14.0. The zero-order chi connectivity index (χ0) is 16.0. The van der Waals surface area contributed by atoms with Crippen molar-refractivity contribution in [3.63, 3.8) is 0 Å². The van der Waals surface area contributed by atoms with Crippen LogP contribution in [0, 0.1) is 6.92 Å².